The lowest BCUT2D eigenvalue weighted by Crippen LogP contribution is -2.44. The van der Waals surface area contributed by atoms with Gasteiger partial charge in [0.2, 0.25) is 0 Å². The molecule has 2 aromatic heterocycles. The Bertz CT molecular complexity index is 800. The van der Waals surface area contributed by atoms with Crippen molar-refractivity contribution in [1.29, 1.82) is 0 Å². The summed E-state index contributed by atoms with van der Waals surface area (Å²) in [6, 6.07) is 6.02. The maximum absolute atomic E-state index is 10.7. The van der Waals surface area contributed by atoms with Crippen LogP contribution in [0.15, 0.2) is 40.1 Å². The maximum Gasteiger partial charge on any atom is 0.191 e. The van der Waals surface area contributed by atoms with Crippen molar-refractivity contribution in [3.8, 4) is 0 Å². The molecule has 0 aromatic carbocycles. The molecule has 30 heavy (non-hydrogen) atoms. The first-order valence-electron chi connectivity index (χ1n) is 10.1. The topological polar surface area (TPSA) is 82.0 Å². The fourth-order valence-corrected chi connectivity index (χ4v) is 3.98. The minimum atomic E-state index is -0.951. The van der Waals surface area contributed by atoms with Gasteiger partial charge in [-0.2, -0.15) is 11.3 Å². The highest BCUT2D eigenvalue weighted by Crippen LogP contribution is 2.22. The number of thiophene rings is 1. The van der Waals surface area contributed by atoms with E-state index in [9.17, 15) is 5.11 Å². The molecule has 166 valence electrons. The van der Waals surface area contributed by atoms with Crippen molar-refractivity contribution < 1.29 is 9.84 Å². The molecule has 2 aromatic rings. The summed E-state index contributed by atoms with van der Waals surface area (Å²) >= 11 is 1.58. The van der Waals surface area contributed by atoms with Gasteiger partial charge in [0.1, 0.15) is 11.4 Å². The van der Waals surface area contributed by atoms with Gasteiger partial charge >= 0.3 is 0 Å². The second kappa shape index (κ2) is 11.8. The van der Waals surface area contributed by atoms with E-state index in [-0.39, 0.29) is 30.1 Å². The molecule has 0 saturated carbocycles. The molecule has 7 nitrogen and oxygen atoms in total. The lowest BCUT2D eigenvalue weighted by atomic mass is 9.99. The highest BCUT2D eigenvalue weighted by molar-refractivity contribution is 14.0. The SMILES string of the molecule is CCNC(=NCc1ccnc(N2CCOC(C)C2)c1)NCC(C)(O)c1ccsc1.I. The quantitative estimate of drug-likeness (QED) is 0.282. The number of nitrogens with zero attached hydrogens (tertiary/aromatic N) is 3. The molecule has 0 spiro atoms. The van der Waals surface area contributed by atoms with Crippen molar-refractivity contribution in [3.63, 3.8) is 0 Å². The summed E-state index contributed by atoms with van der Waals surface area (Å²) in [4.78, 5) is 11.5. The summed E-state index contributed by atoms with van der Waals surface area (Å²) in [5.41, 5.74) is 1.05. The molecule has 3 rings (SSSR count). The van der Waals surface area contributed by atoms with E-state index in [1.807, 2.05) is 42.9 Å². The molecule has 3 N–H and O–H groups in total. The fourth-order valence-electron chi connectivity index (χ4n) is 3.20. The number of rotatable bonds is 7. The lowest BCUT2D eigenvalue weighted by molar-refractivity contribution is 0.0529. The third-order valence-corrected chi connectivity index (χ3v) is 5.57. The summed E-state index contributed by atoms with van der Waals surface area (Å²) in [5.74, 6) is 1.65. The highest BCUT2D eigenvalue weighted by Gasteiger charge is 2.23. The number of guanidine groups is 1. The summed E-state index contributed by atoms with van der Waals surface area (Å²) in [5, 5.41) is 21.2. The Kier molecular flexibility index (Phi) is 9.79. The summed E-state index contributed by atoms with van der Waals surface area (Å²) in [6.45, 7) is 10.0. The second-order valence-electron chi connectivity index (χ2n) is 7.48. The van der Waals surface area contributed by atoms with Crippen LogP contribution in [0.3, 0.4) is 0 Å². The van der Waals surface area contributed by atoms with Gasteiger partial charge in [-0.1, -0.05) is 0 Å². The van der Waals surface area contributed by atoms with Gasteiger partial charge < -0.3 is 25.4 Å². The van der Waals surface area contributed by atoms with E-state index in [1.54, 1.807) is 11.3 Å². The molecular weight excluding hydrogens is 513 g/mol. The Hall–Kier alpha value is -1.43. The number of halogens is 1. The van der Waals surface area contributed by atoms with Gasteiger partial charge in [-0.3, -0.25) is 0 Å². The number of pyridine rings is 1. The Morgan fingerprint density at radius 3 is 2.97 bits per heavy atom. The van der Waals surface area contributed by atoms with Gasteiger partial charge in [-0.05, 0) is 60.9 Å². The molecule has 1 aliphatic heterocycles. The Morgan fingerprint density at radius 1 is 1.43 bits per heavy atom. The minimum absolute atomic E-state index is 0. The molecule has 9 heteroatoms. The zero-order valence-corrected chi connectivity index (χ0v) is 20.9. The van der Waals surface area contributed by atoms with Crippen LogP contribution in [0.25, 0.3) is 0 Å². The van der Waals surface area contributed by atoms with Crippen LogP contribution in [0.5, 0.6) is 0 Å². The number of aromatic nitrogens is 1. The summed E-state index contributed by atoms with van der Waals surface area (Å²) in [6.07, 6.45) is 2.05. The van der Waals surface area contributed by atoms with Crippen LogP contribution in [-0.4, -0.2) is 54.9 Å². The fraction of sp³-hybridized carbons (Fsp3) is 0.524. The van der Waals surface area contributed by atoms with Crippen LogP contribution in [0.2, 0.25) is 0 Å². The van der Waals surface area contributed by atoms with E-state index < -0.39 is 5.60 Å². The van der Waals surface area contributed by atoms with Crippen molar-refractivity contribution in [1.82, 2.24) is 15.6 Å². The molecule has 3 heterocycles. The van der Waals surface area contributed by atoms with Crippen LogP contribution in [0.4, 0.5) is 5.82 Å². The van der Waals surface area contributed by atoms with Gasteiger partial charge in [0.05, 0.1) is 25.8 Å². The van der Waals surface area contributed by atoms with Crippen molar-refractivity contribution in [2.75, 3.05) is 37.7 Å². The number of anilines is 1. The number of nitrogens with one attached hydrogen (secondary N) is 2. The third kappa shape index (κ3) is 7.07. The Morgan fingerprint density at radius 2 is 2.27 bits per heavy atom. The third-order valence-electron chi connectivity index (χ3n) is 4.88. The molecule has 2 unspecified atom stereocenters. The molecule has 0 aliphatic carbocycles. The minimum Gasteiger partial charge on any atom is -0.384 e. The van der Waals surface area contributed by atoms with Crippen LogP contribution in [-0.2, 0) is 16.9 Å². The number of aliphatic hydroxyl groups is 1. The predicted molar refractivity (Wildman–Crippen MR) is 134 cm³/mol. The van der Waals surface area contributed by atoms with E-state index in [1.165, 1.54) is 0 Å². The van der Waals surface area contributed by atoms with Gasteiger partial charge in [-0.15, -0.1) is 24.0 Å². The Balaban J connectivity index is 0.00000320. The standard InChI is InChI=1S/C21H31N5O2S.HI/c1-4-22-20(25-15-21(3,27)18-6-10-29-14-18)24-12-17-5-7-23-19(11-17)26-8-9-28-16(2)13-26;/h5-7,10-11,14,16,27H,4,8-9,12-13,15H2,1-3H3,(H2,22,24,25);1H. The Labute approximate surface area is 200 Å². The largest absolute Gasteiger partial charge is 0.384 e. The molecule has 0 radical (unpaired) electrons. The molecule has 1 fully saturated rings. The van der Waals surface area contributed by atoms with E-state index in [4.69, 9.17) is 4.74 Å². The van der Waals surface area contributed by atoms with E-state index in [2.05, 4.69) is 38.5 Å². The molecule has 1 aliphatic rings. The average Bonchev–Trinajstić information content (AvgIpc) is 3.26. The number of hydrogen-bond donors (Lipinski definition) is 3. The number of morpholine rings is 1. The molecule has 0 amide bonds. The first-order valence-corrected chi connectivity index (χ1v) is 11.0. The average molecular weight is 545 g/mol. The van der Waals surface area contributed by atoms with Crippen molar-refractivity contribution in [3.05, 3.63) is 46.3 Å². The molecule has 2 atom stereocenters. The van der Waals surface area contributed by atoms with Gasteiger partial charge in [0, 0.05) is 25.8 Å². The summed E-state index contributed by atoms with van der Waals surface area (Å²) < 4.78 is 5.62. The van der Waals surface area contributed by atoms with Crippen molar-refractivity contribution in [2.45, 2.75) is 39.0 Å². The lowest BCUT2D eigenvalue weighted by Gasteiger charge is -2.32. The zero-order chi connectivity index (χ0) is 20.7. The number of hydrogen-bond acceptors (Lipinski definition) is 6. The van der Waals surface area contributed by atoms with Gasteiger partial charge in [0.15, 0.2) is 5.96 Å². The van der Waals surface area contributed by atoms with Crippen LogP contribution >= 0.6 is 35.3 Å². The van der Waals surface area contributed by atoms with Crippen LogP contribution in [0, 0.1) is 0 Å². The molecule has 1 saturated heterocycles. The van der Waals surface area contributed by atoms with E-state index in [0.717, 1.165) is 43.2 Å². The molecule has 0 bridgehead atoms. The van der Waals surface area contributed by atoms with Gasteiger partial charge in [-0.25, -0.2) is 9.98 Å². The van der Waals surface area contributed by atoms with Gasteiger partial charge in [0.25, 0.3) is 0 Å². The number of aliphatic imine (C=N–C) groups is 1. The van der Waals surface area contributed by atoms with E-state index in [0.29, 0.717) is 19.0 Å². The summed E-state index contributed by atoms with van der Waals surface area (Å²) in [7, 11) is 0. The van der Waals surface area contributed by atoms with Crippen molar-refractivity contribution in [2.24, 2.45) is 4.99 Å². The van der Waals surface area contributed by atoms with Crippen LogP contribution in [0.1, 0.15) is 31.9 Å². The highest BCUT2D eigenvalue weighted by atomic mass is 127. The second-order valence-corrected chi connectivity index (χ2v) is 8.26. The predicted octanol–water partition coefficient (Wildman–Crippen LogP) is 2.95. The molecular formula is C21H32IN5O2S. The monoisotopic (exact) mass is 545 g/mol. The zero-order valence-electron chi connectivity index (χ0n) is 17.8. The smallest absolute Gasteiger partial charge is 0.191 e. The number of ether oxygens (including phenoxy) is 1. The maximum atomic E-state index is 10.7. The van der Waals surface area contributed by atoms with Crippen LogP contribution < -0.4 is 15.5 Å². The van der Waals surface area contributed by atoms with E-state index >= 15 is 0 Å². The first kappa shape index (κ1) is 24.8. The normalized spacial score (nSPS) is 19.0. The van der Waals surface area contributed by atoms with Crippen molar-refractivity contribution >= 4 is 47.1 Å². The first-order chi connectivity index (χ1) is 14.0.